The molecule has 6 nitrogen and oxygen atoms in total. The Balaban J connectivity index is 2.01. The number of aromatic nitrogens is 2. The molecule has 1 aliphatic rings. The number of para-hydroxylation sites is 1. The molecule has 1 aromatic carbocycles. The quantitative estimate of drug-likeness (QED) is 0.899. The van der Waals surface area contributed by atoms with Gasteiger partial charge in [-0.15, -0.1) is 0 Å². The van der Waals surface area contributed by atoms with E-state index in [1.807, 2.05) is 0 Å². The highest BCUT2D eigenvalue weighted by atomic mass is 19.1. The van der Waals surface area contributed by atoms with Crippen LogP contribution in [-0.2, 0) is 17.6 Å². The highest BCUT2D eigenvalue weighted by molar-refractivity contribution is 5.96. The van der Waals surface area contributed by atoms with Crippen molar-refractivity contribution in [1.82, 2.24) is 15.1 Å². The van der Waals surface area contributed by atoms with E-state index in [-0.39, 0.29) is 11.4 Å². The minimum atomic E-state index is -1.12. The number of carbonyl (C=O) groups is 2. The van der Waals surface area contributed by atoms with Crippen LogP contribution >= 0.6 is 0 Å². The second kappa shape index (κ2) is 5.83. The number of nitrogens with one attached hydrogen (secondary N) is 1. The van der Waals surface area contributed by atoms with Crippen LogP contribution in [0.2, 0.25) is 0 Å². The highest BCUT2D eigenvalue weighted by Crippen LogP contribution is 2.28. The van der Waals surface area contributed by atoms with Gasteiger partial charge in [-0.1, -0.05) is 12.1 Å². The first-order valence-corrected chi connectivity index (χ1v) is 7.38. The lowest BCUT2D eigenvalue weighted by atomic mass is 10.2. The van der Waals surface area contributed by atoms with Crippen LogP contribution in [0.4, 0.5) is 4.39 Å². The summed E-state index contributed by atoms with van der Waals surface area (Å²) >= 11 is 0. The summed E-state index contributed by atoms with van der Waals surface area (Å²) in [5.41, 5.74) is 2.04. The van der Waals surface area contributed by atoms with Crippen LogP contribution in [0.15, 0.2) is 24.3 Å². The molecule has 1 unspecified atom stereocenters. The number of halogens is 1. The SMILES string of the molecule is CC(NC(=O)c1nn(-c2ccccc2F)c2c1CCC2)C(=O)O. The van der Waals surface area contributed by atoms with Crippen molar-refractivity contribution >= 4 is 11.9 Å². The molecule has 0 aliphatic heterocycles. The minimum Gasteiger partial charge on any atom is -0.480 e. The smallest absolute Gasteiger partial charge is 0.325 e. The molecule has 0 fully saturated rings. The first-order chi connectivity index (χ1) is 11.0. The molecule has 1 amide bonds. The molecule has 0 bridgehead atoms. The number of rotatable bonds is 4. The van der Waals surface area contributed by atoms with Crippen molar-refractivity contribution in [3.05, 3.63) is 47.0 Å². The lowest BCUT2D eigenvalue weighted by molar-refractivity contribution is -0.138. The second-order valence-electron chi connectivity index (χ2n) is 5.52. The molecule has 2 N–H and O–H groups in total. The van der Waals surface area contributed by atoms with Crippen molar-refractivity contribution in [2.24, 2.45) is 0 Å². The Morgan fingerprint density at radius 3 is 2.78 bits per heavy atom. The molecule has 0 saturated heterocycles. The zero-order valence-corrected chi connectivity index (χ0v) is 12.5. The fourth-order valence-corrected chi connectivity index (χ4v) is 2.77. The summed E-state index contributed by atoms with van der Waals surface area (Å²) in [5, 5.41) is 15.5. The summed E-state index contributed by atoms with van der Waals surface area (Å²) in [7, 11) is 0. The second-order valence-corrected chi connectivity index (χ2v) is 5.52. The average Bonchev–Trinajstić information content (AvgIpc) is 3.09. The molecule has 23 heavy (non-hydrogen) atoms. The number of aliphatic carboxylic acids is 1. The van der Waals surface area contributed by atoms with Gasteiger partial charge >= 0.3 is 5.97 Å². The zero-order chi connectivity index (χ0) is 16.6. The molecule has 120 valence electrons. The largest absolute Gasteiger partial charge is 0.480 e. The van der Waals surface area contributed by atoms with Gasteiger partial charge in [-0.2, -0.15) is 5.10 Å². The van der Waals surface area contributed by atoms with Crippen LogP contribution in [0.1, 0.15) is 35.1 Å². The van der Waals surface area contributed by atoms with Crippen LogP contribution in [0, 0.1) is 5.82 Å². The Kier molecular flexibility index (Phi) is 3.85. The summed E-state index contributed by atoms with van der Waals surface area (Å²) in [6.07, 6.45) is 2.24. The maximum absolute atomic E-state index is 14.0. The molecule has 1 atom stereocenters. The zero-order valence-electron chi connectivity index (χ0n) is 12.5. The van der Waals surface area contributed by atoms with Crippen LogP contribution in [0.3, 0.4) is 0 Å². The molecule has 0 spiro atoms. The topological polar surface area (TPSA) is 84.2 Å². The van der Waals surface area contributed by atoms with E-state index >= 15 is 0 Å². The van der Waals surface area contributed by atoms with Gasteiger partial charge in [0, 0.05) is 11.3 Å². The molecular weight excluding hydrogens is 301 g/mol. The summed E-state index contributed by atoms with van der Waals surface area (Å²) in [4.78, 5) is 23.2. The Labute approximate surface area is 131 Å². The van der Waals surface area contributed by atoms with Crippen LogP contribution < -0.4 is 5.32 Å². The molecular formula is C16H16FN3O3. The standard InChI is InChI=1S/C16H16FN3O3/c1-9(16(22)23)18-15(21)14-10-5-4-8-12(10)20(19-14)13-7-3-2-6-11(13)17/h2-3,6-7,9H,4-5,8H2,1H3,(H,18,21)(H,22,23). The van der Waals surface area contributed by atoms with Crippen LogP contribution in [-0.4, -0.2) is 32.8 Å². The van der Waals surface area contributed by atoms with Gasteiger partial charge in [-0.05, 0) is 38.3 Å². The van der Waals surface area contributed by atoms with Crippen molar-refractivity contribution in [2.75, 3.05) is 0 Å². The van der Waals surface area contributed by atoms with Gasteiger partial charge in [0.15, 0.2) is 5.69 Å². The van der Waals surface area contributed by atoms with E-state index < -0.39 is 23.7 Å². The molecule has 1 aliphatic carbocycles. The van der Waals surface area contributed by atoms with Crippen LogP contribution in [0.25, 0.3) is 5.69 Å². The van der Waals surface area contributed by atoms with E-state index in [1.165, 1.54) is 17.7 Å². The molecule has 3 rings (SSSR count). The van der Waals surface area contributed by atoms with Crippen molar-refractivity contribution in [3.63, 3.8) is 0 Å². The van der Waals surface area contributed by atoms with E-state index in [4.69, 9.17) is 5.11 Å². The van der Waals surface area contributed by atoms with E-state index in [2.05, 4.69) is 10.4 Å². The number of hydrogen-bond donors (Lipinski definition) is 2. The molecule has 0 radical (unpaired) electrons. The molecule has 1 heterocycles. The number of carboxylic acids is 1. The van der Waals surface area contributed by atoms with Crippen molar-refractivity contribution in [1.29, 1.82) is 0 Å². The van der Waals surface area contributed by atoms with E-state index in [1.54, 1.807) is 18.2 Å². The number of hydrogen-bond acceptors (Lipinski definition) is 3. The molecule has 1 aromatic heterocycles. The third-order valence-electron chi connectivity index (χ3n) is 3.94. The van der Waals surface area contributed by atoms with Gasteiger partial charge in [0.05, 0.1) is 0 Å². The predicted molar refractivity (Wildman–Crippen MR) is 80.1 cm³/mol. The monoisotopic (exact) mass is 317 g/mol. The van der Waals surface area contributed by atoms with Crippen molar-refractivity contribution < 1.29 is 19.1 Å². The lowest BCUT2D eigenvalue weighted by Crippen LogP contribution is -2.38. The van der Waals surface area contributed by atoms with Gasteiger partial charge in [-0.3, -0.25) is 9.59 Å². The van der Waals surface area contributed by atoms with Gasteiger partial charge in [0.25, 0.3) is 5.91 Å². The fourth-order valence-electron chi connectivity index (χ4n) is 2.77. The first kappa shape index (κ1) is 15.2. The number of nitrogens with zero attached hydrogens (tertiary/aromatic N) is 2. The molecule has 7 heteroatoms. The average molecular weight is 317 g/mol. The summed E-state index contributed by atoms with van der Waals surface area (Å²) in [6.45, 7) is 1.38. The van der Waals surface area contributed by atoms with Gasteiger partial charge < -0.3 is 10.4 Å². The third kappa shape index (κ3) is 2.69. The minimum absolute atomic E-state index is 0.175. The van der Waals surface area contributed by atoms with Gasteiger partial charge in [-0.25, -0.2) is 9.07 Å². The maximum Gasteiger partial charge on any atom is 0.325 e. The normalized spacial score (nSPS) is 14.3. The van der Waals surface area contributed by atoms with Crippen LogP contribution in [0.5, 0.6) is 0 Å². The van der Waals surface area contributed by atoms with E-state index in [0.29, 0.717) is 12.8 Å². The molecule has 0 saturated carbocycles. The maximum atomic E-state index is 14.0. The lowest BCUT2D eigenvalue weighted by Gasteiger charge is -2.08. The number of carboxylic acid groups (broad SMARTS) is 1. The molecule has 2 aromatic rings. The summed E-state index contributed by atoms with van der Waals surface area (Å²) in [6, 6.07) is 5.21. The Hall–Kier alpha value is -2.70. The van der Waals surface area contributed by atoms with Crippen molar-refractivity contribution in [2.45, 2.75) is 32.2 Å². The van der Waals surface area contributed by atoms with E-state index in [0.717, 1.165) is 17.7 Å². The summed E-state index contributed by atoms with van der Waals surface area (Å²) in [5.74, 6) is -2.09. The van der Waals surface area contributed by atoms with Gasteiger partial charge in [0.1, 0.15) is 17.5 Å². The number of carbonyl (C=O) groups excluding carboxylic acids is 1. The fraction of sp³-hybridized carbons (Fsp3) is 0.312. The van der Waals surface area contributed by atoms with Gasteiger partial charge in [0.2, 0.25) is 0 Å². The van der Waals surface area contributed by atoms with E-state index in [9.17, 15) is 14.0 Å². The highest BCUT2D eigenvalue weighted by Gasteiger charge is 2.28. The Morgan fingerprint density at radius 2 is 2.09 bits per heavy atom. The van der Waals surface area contributed by atoms with Crippen molar-refractivity contribution in [3.8, 4) is 5.69 Å². The number of amides is 1. The summed E-state index contributed by atoms with van der Waals surface area (Å²) < 4.78 is 15.5. The number of benzene rings is 1. The Morgan fingerprint density at radius 1 is 1.35 bits per heavy atom. The Bertz CT molecular complexity index is 785. The third-order valence-corrected chi connectivity index (χ3v) is 3.94. The predicted octanol–water partition coefficient (Wildman–Crippen LogP) is 1.70. The first-order valence-electron chi connectivity index (χ1n) is 7.38. The number of fused-ring (bicyclic) bond motifs is 1.